The van der Waals surface area contributed by atoms with Crippen LogP contribution in [-0.2, 0) is 0 Å². The van der Waals surface area contributed by atoms with Crippen molar-refractivity contribution in [2.45, 2.75) is 18.9 Å². The maximum absolute atomic E-state index is 12.6. The second kappa shape index (κ2) is 8.71. The van der Waals surface area contributed by atoms with Gasteiger partial charge in [-0.1, -0.05) is 12.1 Å². The third kappa shape index (κ3) is 4.35. The minimum atomic E-state index is -0.101. The van der Waals surface area contributed by atoms with Gasteiger partial charge in [-0.25, -0.2) is 0 Å². The Morgan fingerprint density at radius 1 is 1.35 bits per heavy atom. The quantitative estimate of drug-likeness (QED) is 0.820. The molecule has 7 nitrogen and oxygen atoms in total. The largest absolute Gasteiger partial charge is 0.493 e. The van der Waals surface area contributed by atoms with Gasteiger partial charge in [0, 0.05) is 19.8 Å². The zero-order chi connectivity index (χ0) is 18.4. The Morgan fingerprint density at radius 3 is 2.88 bits per heavy atom. The number of likely N-dealkylation sites (N-methyl/N-ethyl adjacent to an activating group) is 1. The van der Waals surface area contributed by atoms with Crippen LogP contribution >= 0.6 is 0 Å². The molecule has 0 saturated carbocycles. The van der Waals surface area contributed by atoms with Crippen LogP contribution < -0.4 is 14.8 Å². The number of carbonyl (C=O) groups is 1. The summed E-state index contributed by atoms with van der Waals surface area (Å²) in [6.45, 7) is 2.81. The fraction of sp³-hybridized carbons (Fsp3) is 0.474. The van der Waals surface area contributed by atoms with Crippen LogP contribution in [0.2, 0.25) is 0 Å². The summed E-state index contributed by atoms with van der Waals surface area (Å²) >= 11 is 0. The minimum absolute atomic E-state index is 0.101. The second-order valence-electron chi connectivity index (χ2n) is 6.41. The molecular formula is C19H26N4O3. The molecule has 1 fully saturated rings. The van der Waals surface area contributed by atoms with Crippen molar-refractivity contribution in [1.82, 2.24) is 20.0 Å². The number of nitrogens with one attached hydrogen (secondary N) is 1. The highest BCUT2D eigenvalue weighted by Gasteiger charge is 2.19. The molecule has 0 aliphatic carbocycles. The van der Waals surface area contributed by atoms with E-state index in [9.17, 15) is 4.79 Å². The van der Waals surface area contributed by atoms with Crippen molar-refractivity contribution < 1.29 is 14.3 Å². The van der Waals surface area contributed by atoms with Crippen LogP contribution in [0.3, 0.4) is 0 Å². The fourth-order valence-corrected chi connectivity index (χ4v) is 3.04. The lowest BCUT2D eigenvalue weighted by molar-refractivity contribution is 0.0766. The van der Waals surface area contributed by atoms with E-state index in [0.717, 1.165) is 25.9 Å². The number of rotatable bonds is 7. The summed E-state index contributed by atoms with van der Waals surface area (Å²) in [5.41, 5.74) is 0.468. The van der Waals surface area contributed by atoms with Crippen molar-refractivity contribution in [3.63, 3.8) is 0 Å². The predicted octanol–water partition coefficient (Wildman–Crippen LogP) is 1.97. The Hall–Kier alpha value is -2.54. The fourth-order valence-electron chi connectivity index (χ4n) is 3.04. The molecule has 1 aromatic carbocycles. The molecule has 1 amide bonds. The number of ether oxygens (including phenoxy) is 2. The molecule has 1 saturated heterocycles. The van der Waals surface area contributed by atoms with E-state index in [2.05, 4.69) is 10.4 Å². The SMILES string of the molecule is COc1ccccc1OCCN(C)C(=O)c1ccn(C2CCCNC2)n1. The number of piperidine rings is 1. The number of methoxy groups -OCH3 is 1. The maximum atomic E-state index is 12.6. The summed E-state index contributed by atoms with van der Waals surface area (Å²) in [5.74, 6) is 1.25. The summed E-state index contributed by atoms with van der Waals surface area (Å²) in [4.78, 5) is 14.2. The Balaban J connectivity index is 1.52. The van der Waals surface area contributed by atoms with Crippen LogP contribution in [0.1, 0.15) is 29.4 Å². The molecule has 140 valence electrons. The Kier molecular flexibility index (Phi) is 6.12. The highest BCUT2D eigenvalue weighted by molar-refractivity contribution is 5.92. The monoisotopic (exact) mass is 358 g/mol. The summed E-state index contributed by atoms with van der Waals surface area (Å²) in [7, 11) is 3.37. The Bertz CT molecular complexity index is 725. The van der Waals surface area contributed by atoms with E-state index >= 15 is 0 Å². The predicted molar refractivity (Wildman–Crippen MR) is 98.8 cm³/mol. The first-order chi connectivity index (χ1) is 12.7. The Labute approximate surface area is 153 Å². The summed E-state index contributed by atoms with van der Waals surface area (Å²) in [6, 6.07) is 9.58. The number of hydrogen-bond donors (Lipinski definition) is 1. The van der Waals surface area contributed by atoms with E-state index in [4.69, 9.17) is 9.47 Å². The molecule has 1 N–H and O–H groups in total. The molecule has 1 atom stereocenters. The molecule has 7 heteroatoms. The average Bonchev–Trinajstić information content (AvgIpc) is 3.18. The van der Waals surface area contributed by atoms with Gasteiger partial charge in [0.25, 0.3) is 5.91 Å². The number of amides is 1. The topological polar surface area (TPSA) is 68.6 Å². The van der Waals surface area contributed by atoms with Crippen LogP contribution in [0.15, 0.2) is 36.5 Å². The lowest BCUT2D eigenvalue weighted by Crippen LogP contribution is -2.33. The number of benzene rings is 1. The summed E-state index contributed by atoms with van der Waals surface area (Å²) < 4.78 is 12.9. The zero-order valence-electron chi connectivity index (χ0n) is 15.4. The van der Waals surface area contributed by atoms with Gasteiger partial charge in [-0.2, -0.15) is 5.10 Å². The van der Waals surface area contributed by atoms with Gasteiger partial charge < -0.3 is 19.7 Å². The molecule has 2 heterocycles. The van der Waals surface area contributed by atoms with Crippen molar-refractivity contribution >= 4 is 5.91 Å². The zero-order valence-corrected chi connectivity index (χ0v) is 15.4. The molecule has 0 spiro atoms. The number of para-hydroxylation sites is 2. The van der Waals surface area contributed by atoms with E-state index in [-0.39, 0.29) is 5.91 Å². The van der Waals surface area contributed by atoms with Crippen LogP contribution in [0.5, 0.6) is 11.5 Å². The smallest absolute Gasteiger partial charge is 0.274 e. The van der Waals surface area contributed by atoms with Gasteiger partial charge in [0.2, 0.25) is 0 Å². The first-order valence-corrected chi connectivity index (χ1v) is 8.96. The number of nitrogens with zero attached hydrogens (tertiary/aromatic N) is 3. The molecule has 1 aliphatic heterocycles. The van der Waals surface area contributed by atoms with Gasteiger partial charge in [0.15, 0.2) is 11.5 Å². The van der Waals surface area contributed by atoms with Gasteiger partial charge >= 0.3 is 0 Å². The third-order valence-electron chi connectivity index (χ3n) is 4.57. The lowest BCUT2D eigenvalue weighted by atomic mass is 10.1. The van der Waals surface area contributed by atoms with E-state index in [1.54, 1.807) is 25.1 Å². The lowest BCUT2D eigenvalue weighted by Gasteiger charge is -2.23. The second-order valence-corrected chi connectivity index (χ2v) is 6.41. The number of aromatic nitrogens is 2. The molecule has 1 aromatic heterocycles. The van der Waals surface area contributed by atoms with E-state index in [0.29, 0.717) is 36.4 Å². The normalized spacial score (nSPS) is 16.9. The first kappa shape index (κ1) is 18.3. The van der Waals surface area contributed by atoms with Crippen LogP contribution in [0.4, 0.5) is 0 Å². The Morgan fingerprint density at radius 2 is 2.15 bits per heavy atom. The van der Waals surface area contributed by atoms with Gasteiger partial charge in [-0.05, 0) is 37.6 Å². The molecule has 0 radical (unpaired) electrons. The van der Waals surface area contributed by atoms with Gasteiger partial charge in [0.05, 0.1) is 19.7 Å². The number of hydrogen-bond acceptors (Lipinski definition) is 5. The molecule has 3 rings (SSSR count). The van der Waals surface area contributed by atoms with Crippen molar-refractivity contribution in [2.24, 2.45) is 0 Å². The van der Waals surface area contributed by atoms with Crippen molar-refractivity contribution in [3.8, 4) is 11.5 Å². The van der Waals surface area contributed by atoms with Crippen molar-refractivity contribution in [3.05, 3.63) is 42.2 Å². The molecule has 26 heavy (non-hydrogen) atoms. The third-order valence-corrected chi connectivity index (χ3v) is 4.57. The summed E-state index contributed by atoms with van der Waals surface area (Å²) in [5, 5.41) is 7.84. The minimum Gasteiger partial charge on any atom is -0.493 e. The van der Waals surface area contributed by atoms with Gasteiger partial charge in [0.1, 0.15) is 12.3 Å². The molecule has 1 unspecified atom stereocenters. The van der Waals surface area contributed by atoms with Crippen LogP contribution in [0.25, 0.3) is 0 Å². The van der Waals surface area contributed by atoms with Crippen LogP contribution in [0, 0.1) is 0 Å². The van der Waals surface area contributed by atoms with E-state index in [1.807, 2.05) is 35.1 Å². The highest BCUT2D eigenvalue weighted by atomic mass is 16.5. The molecule has 0 bridgehead atoms. The molecule has 1 aliphatic rings. The molecular weight excluding hydrogens is 332 g/mol. The molecule has 2 aromatic rings. The standard InChI is InChI=1S/C19H26N4O3/c1-22(12-13-26-18-8-4-3-7-17(18)25-2)19(24)16-9-11-23(21-16)15-6-5-10-20-14-15/h3-4,7-9,11,15,20H,5-6,10,12-14H2,1-2H3. The van der Waals surface area contributed by atoms with Crippen molar-refractivity contribution in [2.75, 3.05) is 40.4 Å². The van der Waals surface area contributed by atoms with Crippen LogP contribution in [-0.4, -0.2) is 61.0 Å². The van der Waals surface area contributed by atoms with E-state index < -0.39 is 0 Å². The highest BCUT2D eigenvalue weighted by Crippen LogP contribution is 2.25. The summed E-state index contributed by atoms with van der Waals surface area (Å²) in [6.07, 6.45) is 4.11. The first-order valence-electron chi connectivity index (χ1n) is 8.96. The number of carbonyl (C=O) groups excluding carboxylic acids is 1. The van der Waals surface area contributed by atoms with Gasteiger partial charge in [-0.3, -0.25) is 9.48 Å². The average molecular weight is 358 g/mol. The van der Waals surface area contributed by atoms with E-state index in [1.165, 1.54) is 0 Å². The van der Waals surface area contributed by atoms with Gasteiger partial charge in [-0.15, -0.1) is 0 Å². The maximum Gasteiger partial charge on any atom is 0.274 e. The van der Waals surface area contributed by atoms with Crippen molar-refractivity contribution in [1.29, 1.82) is 0 Å².